The summed E-state index contributed by atoms with van der Waals surface area (Å²) in [5.74, 6) is 0.345. The number of carbonyl (C=O) groups is 1. The molecule has 92 valence electrons. The monoisotopic (exact) mass is 233 g/mol. The van der Waals surface area contributed by atoms with Crippen molar-refractivity contribution in [1.29, 1.82) is 0 Å². The first-order valence-electron chi connectivity index (χ1n) is 5.80. The second-order valence-electron chi connectivity index (χ2n) is 4.54. The Balaban J connectivity index is 1.72. The number of halogens is 2. The predicted molar refractivity (Wildman–Crippen MR) is 54.6 cm³/mol. The van der Waals surface area contributed by atoms with Crippen molar-refractivity contribution >= 4 is 5.78 Å². The molecule has 2 atom stereocenters. The van der Waals surface area contributed by atoms with Crippen LogP contribution in [0.3, 0.4) is 0 Å². The molecule has 5 heteroatoms. The van der Waals surface area contributed by atoms with Crippen molar-refractivity contribution < 1.29 is 18.3 Å². The van der Waals surface area contributed by atoms with Crippen LogP contribution in [0.5, 0.6) is 0 Å². The smallest absolute Gasteiger partial charge is 0.261 e. The van der Waals surface area contributed by atoms with E-state index in [1.54, 1.807) is 0 Å². The molecule has 0 aromatic carbocycles. The van der Waals surface area contributed by atoms with Gasteiger partial charge in [-0.15, -0.1) is 0 Å². The van der Waals surface area contributed by atoms with E-state index in [-0.39, 0.29) is 0 Å². The fraction of sp³-hybridized carbons (Fsp3) is 0.909. The van der Waals surface area contributed by atoms with Gasteiger partial charge in [-0.3, -0.25) is 9.69 Å². The van der Waals surface area contributed by atoms with Gasteiger partial charge >= 0.3 is 0 Å². The summed E-state index contributed by atoms with van der Waals surface area (Å²) in [7, 11) is 0. The minimum atomic E-state index is -2.39. The SMILES string of the molecule is O=C1CC2CCC(C1)N2CCOCC(F)F. The van der Waals surface area contributed by atoms with Crippen molar-refractivity contribution in [2.75, 3.05) is 19.8 Å². The third-order valence-electron chi connectivity index (χ3n) is 3.44. The highest BCUT2D eigenvalue weighted by atomic mass is 19.3. The molecule has 0 spiro atoms. The number of piperidine rings is 1. The van der Waals surface area contributed by atoms with E-state index < -0.39 is 13.0 Å². The van der Waals surface area contributed by atoms with Crippen LogP contribution in [0.1, 0.15) is 25.7 Å². The Morgan fingerprint density at radius 1 is 1.31 bits per heavy atom. The van der Waals surface area contributed by atoms with Crippen LogP contribution in [0.15, 0.2) is 0 Å². The highest BCUT2D eigenvalue weighted by Gasteiger charge is 2.39. The highest BCUT2D eigenvalue weighted by Crippen LogP contribution is 2.33. The van der Waals surface area contributed by atoms with Crippen LogP contribution in [-0.4, -0.2) is 49.0 Å². The second kappa shape index (κ2) is 5.19. The maximum absolute atomic E-state index is 11.8. The fourth-order valence-electron chi connectivity index (χ4n) is 2.77. The third-order valence-corrected chi connectivity index (χ3v) is 3.44. The van der Waals surface area contributed by atoms with E-state index in [9.17, 15) is 13.6 Å². The number of hydrogen-bond donors (Lipinski definition) is 0. The molecule has 0 aromatic heterocycles. The van der Waals surface area contributed by atoms with Crippen molar-refractivity contribution in [3.8, 4) is 0 Å². The molecule has 2 bridgehead atoms. The van der Waals surface area contributed by atoms with Gasteiger partial charge in [0.25, 0.3) is 6.43 Å². The maximum Gasteiger partial charge on any atom is 0.261 e. The molecule has 2 heterocycles. The third kappa shape index (κ3) is 2.77. The molecule has 2 aliphatic heterocycles. The van der Waals surface area contributed by atoms with Gasteiger partial charge in [-0.25, -0.2) is 8.78 Å². The Bertz CT molecular complexity index is 244. The summed E-state index contributed by atoms with van der Waals surface area (Å²) in [5, 5.41) is 0. The van der Waals surface area contributed by atoms with E-state index >= 15 is 0 Å². The number of ether oxygens (including phenoxy) is 1. The average molecular weight is 233 g/mol. The van der Waals surface area contributed by atoms with E-state index in [4.69, 9.17) is 4.74 Å². The molecule has 0 aromatic rings. The van der Waals surface area contributed by atoms with Gasteiger partial charge in [-0.05, 0) is 12.8 Å². The largest absolute Gasteiger partial charge is 0.374 e. The first-order valence-corrected chi connectivity index (χ1v) is 5.80. The van der Waals surface area contributed by atoms with Crippen molar-refractivity contribution in [2.24, 2.45) is 0 Å². The highest BCUT2D eigenvalue weighted by molar-refractivity contribution is 5.80. The topological polar surface area (TPSA) is 29.5 Å². The van der Waals surface area contributed by atoms with Crippen LogP contribution < -0.4 is 0 Å². The summed E-state index contributed by atoms with van der Waals surface area (Å²) in [4.78, 5) is 13.6. The number of Topliss-reactive ketones (excluding diaryl/α,β-unsaturated/α-hetero) is 1. The number of fused-ring (bicyclic) bond motifs is 2. The summed E-state index contributed by atoms with van der Waals surface area (Å²) in [6.45, 7) is 0.531. The van der Waals surface area contributed by atoms with Crippen molar-refractivity contribution in [2.45, 2.75) is 44.2 Å². The lowest BCUT2D eigenvalue weighted by Crippen LogP contribution is -2.44. The minimum Gasteiger partial charge on any atom is -0.374 e. The normalized spacial score (nSPS) is 30.3. The molecule has 3 nitrogen and oxygen atoms in total. The molecule has 0 aliphatic carbocycles. The van der Waals surface area contributed by atoms with Crippen molar-refractivity contribution in [3.05, 3.63) is 0 Å². The number of nitrogens with zero attached hydrogens (tertiary/aromatic N) is 1. The van der Waals surface area contributed by atoms with Gasteiger partial charge in [-0.2, -0.15) is 0 Å². The van der Waals surface area contributed by atoms with Crippen LogP contribution in [-0.2, 0) is 9.53 Å². The molecule has 2 rings (SSSR count). The van der Waals surface area contributed by atoms with Gasteiger partial charge in [0.05, 0.1) is 6.61 Å². The molecule has 16 heavy (non-hydrogen) atoms. The van der Waals surface area contributed by atoms with Crippen molar-refractivity contribution in [3.63, 3.8) is 0 Å². The second-order valence-corrected chi connectivity index (χ2v) is 4.54. The Hall–Kier alpha value is -0.550. The van der Waals surface area contributed by atoms with Crippen molar-refractivity contribution in [1.82, 2.24) is 4.90 Å². The average Bonchev–Trinajstić information content (AvgIpc) is 2.45. The fourth-order valence-corrected chi connectivity index (χ4v) is 2.77. The standard InChI is InChI=1S/C11H17F2NO2/c12-11(13)7-16-4-3-14-8-1-2-9(14)6-10(15)5-8/h8-9,11H,1-7H2. The van der Waals surface area contributed by atoms with E-state index in [2.05, 4.69) is 4.90 Å². The zero-order valence-corrected chi connectivity index (χ0v) is 9.20. The van der Waals surface area contributed by atoms with Gasteiger partial charge in [0.1, 0.15) is 12.4 Å². The predicted octanol–water partition coefficient (Wildman–Crippen LogP) is 1.46. The van der Waals surface area contributed by atoms with Gasteiger partial charge < -0.3 is 4.74 Å². The number of rotatable bonds is 5. The summed E-state index contributed by atoms with van der Waals surface area (Å²) < 4.78 is 28.5. The molecule has 0 saturated carbocycles. The van der Waals surface area contributed by atoms with Crippen LogP contribution >= 0.6 is 0 Å². The summed E-state index contributed by atoms with van der Waals surface area (Å²) in [5.41, 5.74) is 0. The molecular weight excluding hydrogens is 216 g/mol. The summed E-state index contributed by atoms with van der Waals surface area (Å²) in [6.07, 6.45) is 0.993. The lowest BCUT2D eigenvalue weighted by atomic mass is 10.0. The first kappa shape index (κ1) is 11.9. The molecule has 0 radical (unpaired) electrons. The van der Waals surface area contributed by atoms with E-state index in [1.807, 2.05) is 0 Å². The number of alkyl halides is 2. The van der Waals surface area contributed by atoms with E-state index in [0.29, 0.717) is 43.9 Å². The maximum atomic E-state index is 11.8. The van der Waals surface area contributed by atoms with Gasteiger partial charge in [-0.1, -0.05) is 0 Å². The van der Waals surface area contributed by atoms with Crippen LogP contribution in [0, 0.1) is 0 Å². The van der Waals surface area contributed by atoms with Crippen LogP contribution in [0.25, 0.3) is 0 Å². The molecule has 2 fully saturated rings. The Morgan fingerprint density at radius 2 is 1.94 bits per heavy atom. The molecular formula is C11H17F2NO2. The molecule has 2 aliphatic rings. The minimum absolute atomic E-state index is 0.335. The first-order chi connectivity index (χ1) is 7.66. The van der Waals surface area contributed by atoms with Gasteiger partial charge in [0, 0.05) is 31.5 Å². The van der Waals surface area contributed by atoms with E-state index in [1.165, 1.54) is 0 Å². The zero-order valence-electron chi connectivity index (χ0n) is 9.20. The lowest BCUT2D eigenvalue weighted by molar-refractivity contribution is -0.123. The molecule has 2 unspecified atom stereocenters. The van der Waals surface area contributed by atoms with Gasteiger partial charge in [0.15, 0.2) is 0 Å². The Labute approximate surface area is 93.7 Å². The molecule has 0 amide bonds. The van der Waals surface area contributed by atoms with Crippen LogP contribution in [0.4, 0.5) is 8.78 Å². The number of carbonyl (C=O) groups excluding carboxylic acids is 1. The summed E-state index contributed by atoms with van der Waals surface area (Å²) in [6, 6.07) is 0.669. The number of hydrogen-bond acceptors (Lipinski definition) is 3. The Morgan fingerprint density at radius 3 is 2.50 bits per heavy atom. The Kier molecular flexibility index (Phi) is 3.86. The van der Waals surface area contributed by atoms with Gasteiger partial charge in [0.2, 0.25) is 0 Å². The summed E-state index contributed by atoms with van der Waals surface area (Å²) >= 11 is 0. The zero-order chi connectivity index (χ0) is 11.5. The van der Waals surface area contributed by atoms with E-state index in [0.717, 1.165) is 12.8 Å². The van der Waals surface area contributed by atoms with Crippen LogP contribution in [0.2, 0.25) is 0 Å². The lowest BCUT2D eigenvalue weighted by Gasteiger charge is -2.33. The quantitative estimate of drug-likeness (QED) is 0.673. The molecule has 0 N–H and O–H groups in total. The molecule has 2 saturated heterocycles. The number of ketones is 1.